The molecule has 0 saturated carbocycles. The second-order valence-corrected chi connectivity index (χ2v) is 7.00. The molecule has 2 heterocycles. The molecule has 2 aromatic heterocycles. The van der Waals surface area contributed by atoms with Crippen molar-refractivity contribution in [3.05, 3.63) is 95.6 Å². The quantitative estimate of drug-likeness (QED) is 0.492. The Morgan fingerprint density at radius 2 is 1.39 bits per heavy atom. The zero-order chi connectivity index (χ0) is 21.9. The summed E-state index contributed by atoms with van der Waals surface area (Å²) in [4.78, 5) is 32.7. The van der Waals surface area contributed by atoms with Crippen LogP contribution in [0.3, 0.4) is 0 Å². The third kappa shape index (κ3) is 6.72. The van der Waals surface area contributed by atoms with Crippen LogP contribution in [0.5, 0.6) is 0 Å². The molecule has 3 aromatic rings. The monoisotopic (exact) mass is 418 g/mol. The van der Waals surface area contributed by atoms with Gasteiger partial charge in [-0.15, -0.1) is 0 Å². The average Bonchev–Trinajstić information content (AvgIpc) is 2.83. The number of amides is 1. The van der Waals surface area contributed by atoms with E-state index in [1.807, 2.05) is 24.3 Å². The number of benzene rings is 1. The van der Waals surface area contributed by atoms with Crippen LogP contribution >= 0.6 is 0 Å². The van der Waals surface area contributed by atoms with Gasteiger partial charge in [-0.3, -0.25) is 14.8 Å². The molecule has 7 heteroatoms. The van der Waals surface area contributed by atoms with Crippen LogP contribution in [0.2, 0.25) is 0 Å². The Hall–Kier alpha value is -3.58. The summed E-state index contributed by atoms with van der Waals surface area (Å²) in [5.74, 6) is -0.523. The van der Waals surface area contributed by atoms with Crippen LogP contribution < -0.4 is 10.6 Å². The number of carbonyl (C=O) groups is 2. The van der Waals surface area contributed by atoms with E-state index in [0.29, 0.717) is 18.7 Å². The molecule has 0 bridgehead atoms. The number of methoxy groups -OCH3 is 1. The fourth-order valence-corrected chi connectivity index (χ4v) is 3.18. The maximum absolute atomic E-state index is 13.0. The fraction of sp³-hybridized carbons (Fsp3) is 0.250. The van der Waals surface area contributed by atoms with Crippen molar-refractivity contribution < 1.29 is 14.3 Å². The van der Waals surface area contributed by atoms with Gasteiger partial charge in [0.05, 0.1) is 12.7 Å². The lowest BCUT2D eigenvalue weighted by Gasteiger charge is -2.19. The molecule has 1 atom stereocenters. The molecule has 0 radical (unpaired) electrons. The summed E-state index contributed by atoms with van der Waals surface area (Å²) in [5.41, 5.74) is 3.48. The van der Waals surface area contributed by atoms with Gasteiger partial charge in [0.2, 0.25) is 5.91 Å². The first-order valence-corrected chi connectivity index (χ1v) is 10.1. The normalized spacial score (nSPS) is 11.5. The molecule has 1 unspecified atom stereocenters. The van der Waals surface area contributed by atoms with Crippen LogP contribution in [0.15, 0.2) is 73.3 Å². The minimum Gasteiger partial charge on any atom is -0.465 e. The summed E-state index contributed by atoms with van der Waals surface area (Å²) < 4.78 is 4.75. The Morgan fingerprint density at radius 3 is 1.94 bits per heavy atom. The van der Waals surface area contributed by atoms with Gasteiger partial charge in [0, 0.05) is 37.9 Å². The van der Waals surface area contributed by atoms with Crippen molar-refractivity contribution in [3.8, 4) is 0 Å². The number of nitrogens with zero attached hydrogens (tertiary/aromatic N) is 2. The average molecular weight is 418 g/mol. The summed E-state index contributed by atoms with van der Waals surface area (Å²) in [7, 11) is 1.34. The van der Waals surface area contributed by atoms with Crippen LogP contribution in [-0.2, 0) is 22.4 Å². The van der Waals surface area contributed by atoms with Gasteiger partial charge in [-0.1, -0.05) is 12.1 Å². The first-order chi connectivity index (χ1) is 15.2. The van der Waals surface area contributed by atoms with Crippen molar-refractivity contribution in [1.29, 1.82) is 0 Å². The Morgan fingerprint density at radius 1 is 0.839 bits per heavy atom. The van der Waals surface area contributed by atoms with Crippen molar-refractivity contribution >= 4 is 11.9 Å². The molecular weight excluding hydrogens is 392 g/mol. The summed E-state index contributed by atoms with van der Waals surface area (Å²) in [6, 6.07) is 14.1. The number of hydrogen-bond donors (Lipinski definition) is 2. The van der Waals surface area contributed by atoms with E-state index in [1.54, 1.807) is 49.1 Å². The zero-order valence-electron chi connectivity index (χ0n) is 17.5. The van der Waals surface area contributed by atoms with Crippen LogP contribution in [0.1, 0.15) is 33.1 Å². The lowest BCUT2D eigenvalue weighted by atomic mass is 10.0. The molecule has 3 rings (SSSR count). The van der Waals surface area contributed by atoms with Gasteiger partial charge in [0.25, 0.3) is 0 Å². The molecule has 160 valence electrons. The molecule has 0 saturated heterocycles. The summed E-state index contributed by atoms with van der Waals surface area (Å²) in [6.45, 7) is 1.14. The van der Waals surface area contributed by atoms with Crippen molar-refractivity contribution in [2.75, 3.05) is 20.2 Å². The van der Waals surface area contributed by atoms with Crippen LogP contribution in [0, 0.1) is 0 Å². The van der Waals surface area contributed by atoms with Crippen molar-refractivity contribution in [3.63, 3.8) is 0 Å². The van der Waals surface area contributed by atoms with Gasteiger partial charge in [0.15, 0.2) is 0 Å². The standard InChI is InChI=1S/C24H26N4O3/c1-31-24(30)21-4-2-20(3-5-21)22(27-16-10-18-6-12-25-13-7-18)23(29)28-17-11-19-8-14-26-15-9-19/h2-9,12-15,22,27H,10-11,16-17H2,1H3,(H,28,29). The van der Waals surface area contributed by atoms with E-state index in [4.69, 9.17) is 4.74 Å². The molecule has 0 spiro atoms. The highest BCUT2D eigenvalue weighted by Crippen LogP contribution is 2.15. The Bertz CT molecular complexity index is 963. The van der Waals surface area contributed by atoms with Crippen LogP contribution in [0.4, 0.5) is 0 Å². The van der Waals surface area contributed by atoms with Crippen molar-refractivity contribution in [2.45, 2.75) is 18.9 Å². The van der Waals surface area contributed by atoms with Crippen molar-refractivity contribution in [2.24, 2.45) is 0 Å². The van der Waals surface area contributed by atoms with Gasteiger partial charge in [-0.2, -0.15) is 0 Å². The molecule has 0 aliphatic heterocycles. The third-order valence-electron chi connectivity index (χ3n) is 4.90. The predicted molar refractivity (Wildman–Crippen MR) is 117 cm³/mol. The largest absolute Gasteiger partial charge is 0.465 e. The van der Waals surface area contributed by atoms with Crippen LogP contribution in [-0.4, -0.2) is 42.0 Å². The summed E-state index contributed by atoms with van der Waals surface area (Å²) in [6.07, 6.45) is 8.48. The van der Waals surface area contributed by atoms with Crippen molar-refractivity contribution in [1.82, 2.24) is 20.6 Å². The highest BCUT2D eigenvalue weighted by atomic mass is 16.5. The van der Waals surface area contributed by atoms with E-state index in [0.717, 1.165) is 29.5 Å². The van der Waals surface area contributed by atoms with Gasteiger partial charge in [0.1, 0.15) is 6.04 Å². The Balaban J connectivity index is 1.65. The fourth-order valence-electron chi connectivity index (χ4n) is 3.18. The second kappa shape index (κ2) is 11.6. The van der Waals surface area contributed by atoms with E-state index in [1.165, 1.54) is 7.11 Å². The summed E-state index contributed by atoms with van der Waals surface area (Å²) in [5, 5.41) is 6.34. The molecule has 1 aromatic carbocycles. The minimum atomic E-state index is -0.536. The SMILES string of the molecule is COC(=O)c1ccc(C(NCCc2ccncc2)C(=O)NCCc2ccncc2)cc1. The lowest BCUT2D eigenvalue weighted by Crippen LogP contribution is -2.39. The molecular formula is C24H26N4O3. The molecule has 7 nitrogen and oxygen atoms in total. The molecule has 0 aliphatic rings. The molecule has 31 heavy (non-hydrogen) atoms. The molecule has 0 aliphatic carbocycles. The molecule has 2 N–H and O–H groups in total. The van der Waals surface area contributed by atoms with Gasteiger partial charge in [-0.05, 0) is 65.9 Å². The maximum Gasteiger partial charge on any atom is 0.337 e. The Labute approximate surface area is 181 Å². The number of hydrogen-bond acceptors (Lipinski definition) is 6. The van der Waals surface area contributed by atoms with E-state index in [9.17, 15) is 9.59 Å². The van der Waals surface area contributed by atoms with E-state index in [2.05, 4.69) is 20.6 Å². The number of carbonyl (C=O) groups excluding carboxylic acids is 2. The number of esters is 1. The van der Waals surface area contributed by atoms with Gasteiger partial charge in [-0.25, -0.2) is 4.79 Å². The number of aromatic nitrogens is 2. The first kappa shape index (κ1) is 22.1. The lowest BCUT2D eigenvalue weighted by molar-refractivity contribution is -0.123. The number of ether oxygens (including phenoxy) is 1. The smallest absolute Gasteiger partial charge is 0.337 e. The molecule has 0 fully saturated rings. The van der Waals surface area contributed by atoms with Crippen LogP contribution in [0.25, 0.3) is 0 Å². The highest BCUT2D eigenvalue weighted by Gasteiger charge is 2.20. The third-order valence-corrected chi connectivity index (χ3v) is 4.90. The number of pyridine rings is 2. The Kier molecular flexibility index (Phi) is 8.25. The van der Waals surface area contributed by atoms with E-state index < -0.39 is 12.0 Å². The molecule has 1 amide bonds. The zero-order valence-corrected chi connectivity index (χ0v) is 17.5. The minimum absolute atomic E-state index is 0.116. The summed E-state index contributed by atoms with van der Waals surface area (Å²) >= 11 is 0. The van der Waals surface area contributed by atoms with E-state index in [-0.39, 0.29) is 5.91 Å². The topological polar surface area (TPSA) is 93.2 Å². The number of rotatable bonds is 10. The maximum atomic E-state index is 13.0. The first-order valence-electron chi connectivity index (χ1n) is 10.1. The second-order valence-electron chi connectivity index (χ2n) is 7.00. The number of nitrogens with one attached hydrogen (secondary N) is 2. The predicted octanol–water partition coefficient (Wildman–Crippen LogP) is 2.50. The van der Waals surface area contributed by atoms with Gasteiger partial charge >= 0.3 is 5.97 Å². The highest BCUT2D eigenvalue weighted by molar-refractivity contribution is 5.89. The van der Waals surface area contributed by atoms with E-state index >= 15 is 0 Å². The van der Waals surface area contributed by atoms with Gasteiger partial charge < -0.3 is 15.4 Å².